The SMILES string of the molecule is N#Cc1ccc(C(=O)NC2CCCc3sccc32)cc1. The Morgan fingerprint density at radius 2 is 2.10 bits per heavy atom. The van der Waals surface area contributed by atoms with E-state index in [-0.39, 0.29) is 11.9 Å². The lowest BCUT2D eigenvalue weighted by atomic mass is 9.94. The van der Waals surface area contributed by atoms with Gasteiger partial charge < -0.3 is 5.32 Å². The van der Waals surface area contributed by atoms with Gasteiger partial charge in [0.25, 0.3) is 5.91 Å². The van der Waals surface area contributed by atoms with E-state index in [2.05, 4.69) is 22.8 Å². The number of fused-ring (bicyclic) bond motifs is 1. The molecule has 0 spiro atoms. The molecule has 2 aromatic rings. The number of nitrogens with zero attached hydrogens (tertiary/aromatic N) is 1. The molecule has 1 atom stereocenters. The van der Waals surface area contributed by atoms with Crippen LogP contribution in [-0.2, 0) is 6.42 Å². The zero-order valence-electron chi connectivity index (χ0n) is 10.9. The lowest BCUT2D eigenvalue weighted by molar-refractivity contribution is 0.0933. The van der Waals surface area contributed by atoms with Gasteiger partial charge in [0.15, 0.2) is 0 Å². The third kappa shape index (κ3) is 2.45. The predicted octanol–water partition coefficient (Wildman–Crippen LogP) is 3.43. The summed E-state index contributed by atoms with van der Waals surface area (Å²) in [6, 6.07) is 11.0. The molecule has 1 aromatic carbocycles. The van der Waals surface area contributed by atoms with Crippen molar-refractivity contribution in [1.82, 2.24) is 5.32 Å². The van der Waals surface area contributed by atoms with E-state index in [1.807, 2.05) is 0 Å². The number of carbonyl (C=O) groups is 1. The molecule has 20 heavy (non-hydrogen) atoms. The van der Waals surface area contributed by atoms with Gasteiger partial charge in [0, 0.05) is 10.4 Å². The van der Waals surface area contributed by atoms with Crippen LogP contribution in [0.1, 0.15) is 45.2 Å². The summed E-state index contributed by atoms with van der Waals surface area (Å²) in [5, 5.41) is 14.0. The highest BCUT2D eigenvalue weighted by Crippen LogP contribution is 2.33. The van der Waals surface area contributed by atoms with E-state index < -0.39 is 0 Å². The first-order valence-electron chi connectivity index (χ1n) is 6.65. The van der Waals surface area contributed by atoms with E-state index in [1.165, 1.54) is 10.4 Å². The third-order valence-corrected chi connectivity index (χ3v) is 4.63. The Morgan fingerprint density at radius 1 is 1.30 bits per heavy atom. The van der Waals surface area contributed by atoms with Gasteiger partial charge >= 0.3 is 0 Å². The molecule has 0 bridgehead atoms. The second-order valence-corrected chi connectivity index (χ2v) is 5.91. The lowest BCUT2D eigenvalue weighted by Crippen LogP contribution is -2.30. The number of nitriles is 1. The molecule has 100 valence electrons. The average molecular weight is 282 g/mol. The minimum absolute atomic E-state index is 0.0708. The van der Waals surface area contributed by atoms with E-state index in [0.717, 1.165) is 19.3 Å². The summed E-state index contributed by atoms with van der Waals surface area (Å²) in [5.74, 6) is -0.0708. The Balaban J connectivity index is 1.75. The lowest BCUT2D eigenvalue weighted by Gasteiger charge is -2.23. The molecule has 1 N–H and O–H groups in total. The van der Waals surface area contributed by atoms with E-state index in [9.17, 15) is 4.79 Å². The fourth-order valence-corrected chi connectivity index (χ4v) is 3.56. The van der Waals surface area contributed by atoms with Crippen molar-refractivity contribution in [3.8, 4) is 6.07 Å². The fourth-order valence-electron chi connectivity index (χ4n) is 2.57. The molecule has 1 amide bonds. The molecule has 1 aliphatic rings. The van der Waals surface area contributed by atoms with Crippen molar-refractivity contribution in [2.45, 2.75) is 25.3 Å². The molecule has 1 heterocycles. The largest absolute Gasteiger partial charge is 0.345 e. The quantitative estimate of drug-likeness (QED) is 0.917. The molecule has 0 saturated carbocycles. The Kier molecular flexibility index (Phi) is 3.53. The minimum Gasteiger partial charge on any atom is -0.345 e. The van der Waals surface area contributed by atoms with Gasteiger partial charge in [-0.15, -0.1) is 11.3 Å². The Bertz CT molecular complexity index is 667. The van der Waals surface area contributed by atoms with Gasteiger partial charge in [-0.2, -0.15) is 5.26 Å². The first kappa shape index (κ1) is 12.9. The summed E-state index contributed by atoms with van der Waals surface area (Å²) in [5.41, 5.74) is 2.44. The molecule has 0 saturated heterocycles. The normalized spacial score (nSPS) is 17.1. The van der Waals surface area contributed by atoms with Gasteiger partial charge in [-0.25, -0.2) is 0 Å². The van der Waals surface area contributed by atoms with Crippen LogP contribution in [0.4, 0.5) is 0 Å². The topological polar surface area (TPSA) is 52.9 Å². The first-order chi connectivity index (χ1) is 9.78. The van der Waals surface area contributed by atoms with Crippen molar-refractivity contribution < 1.29 is 4.79 Å². The highest BCUT2D eigenvalue weighted by molar-refractivity contribution is 7.10. The minimum atomic E-state index is -0.0708. The van der Waals surface area contributed by atoms with Crippen LogP contribution in [0.25, 0.3) is 0 Å². The summed E-state index contributed by atoms with van der Waals surface area (Å²) in [7, 11) is 0. The van der Waals surface area contributed by atoms with E-state index >= 15 is 0 Å². The number of rotatable bonds is 2. The number of carbonyl (C=O) groups excluding carboxylic acids is 1. The number of aryl methyl sites for hydroxylation is 1. The van der Waals surface area contributed by atoms with Crippen molar-refractivity contribution >= 4 is 17.2 Å². The van der Waals surface area contributed by atoms with Gasteiger partial charge in [0.2, 0.25) is 0 Å². The van der Waals surface area contributed by atoms with Crippen LogP contribution >= 0.6 is 11.3 Å². The number of amides is 1. The van der Waals surface area contributed by atoms with Crippen molar-refractivity contribution in [2.75, 3.05) is 0 Å². The summed E-state index contributed by atoms with van der Waals surface area (Å²) in [6.07, 6.45) is 3.23. The maximum atomic E-state index is 12.3. The van der Waals surface area contributed by atoms with Crippen molar-refractivity contribution in [1.29, 1.82) is 5.26 Å². The van der Waals surface area contributed by atoms with Crippen LogP contribution in [0, 0.1) is 11.3 Å². The number of hydrogen-bond acceptors (Lipinski definition) is 3. The van der Waals surface area contributed by atoms with Gasteiger partial charge in [0.1, 0.15) is 0 Å². The molecule has 1 unspecified atom stereocenters. The van der Waals surface area contributed by atoms with Gasteiger partial charge in [-0.1, -0.05) is 0 Å². The number of hydrogen-bond donors (Lipinski definition) is 1. The Labute approximate surface area is 121 Å². The molecular formula is C16H14N2OS. The van der Waals surface area contributed by atoms with Crippen LogP contribution < -0.4 is 5.32 Å². The molecule has 0 fully saturated rings. The van der Waals surface area contributed by atoms with Crippen LogP contribution in [0.15, 0.2) is 35.7 Å². The Hall–Kier alpha value is -2.12. The fraction of sp³-hybridized carbons (Fsp3) is 0.250. The summed E-state index contributed by atoms with van der Waals surface area (Å²) < 4.78 is 0. The molecule has 1 aliphatic carbocycles. The van der Waals surface area contributed by atoms with Crippen LogP contribution in [0.5, 0.6) is 0 Å². The monoisotopic (exact) mass is 282 g/mol. The molecule has 0 aliphatic heterocycles. The summed E-state index contributed by atoms with van der Waals surface area (Å²) in [4.78, 5) is 13.6. The van der Waals surface area contributed by atoms with Crippen molar-refractivity contribution in [3.05, 3.63) is 57.3 Å². The zero-order chi connectivity index (χ0) is 13.9. The highest BCUT2D eigenvalue weighted by Gasteiger charge is 2.22. The van der Waals surface area contributed by atoms with Crippen LogP contribution in [0.2, 0.25) is 0 Å². The van der Waals surface area contributed by atoms with E-state index in [4.69, 9.17) is 5.26 Å². The van der Waals surface area contributed by atoms with E-state index in [1.54, 1.807) is 35.6 Å². The average Bonchev–Trinajstić information content (AvgIpc) is 2.97. The van der Waals surface area contributed by atoms with Crippen molar-refractivity contribution in [2.24, 2.45) is 0 Å². The zero-order valence-corrected chi connectivity index (χ0v) is 11.7. The third-order valence-electron chi connectivity index (χ3n) is 3.63. The highest BCUT2D eigenvalue weighted by atomic mass is 32.1. The first-order valence-corrected chi connectivity index (χ1v) is 7.53. The van der Waals surface area contributed by atoms with Gasteiger partial charge in [-0.3, -0.25) is 4.79 Å². The maximum Gasteiger partial charge on any atom is 0.251 e. The summed E-state index contributed by atoms with van der Waals surface area (Å²) >= 11 is 1.77. The molecule has 3 nitrogen and oxygen atoms in total. The number of thiophene rings is 1. The number of nitrogens with one attached hydrogen (secondary N) is 1. The standard InChI is InChI=1S/C16H14N2OS/c17-10-11-4-6-12(7-5-11)16(19)18-14-2-1-3-15-13(14)8-9-20-15/h4-9,14H,1-3H2,(H,18,19). The second kappa shape index (κ2) is 5.48. The van der Waals surface area contributed by atoms with Gasteiger partial charge in [-0.05, 0) is 60.5 Å². The second-order valence-electron chi connectivity index (χ2n) is 4.91. The number of benzene rings is 1. The molecule has 1 aromatic heterocycles. The van der Waals surface area contributed by atoms with Crippen LogP contribution in [0.3, 0.4) is 0 Å². The van der Waals surface area contributed by atoms with Gasteiger partial charge in [0.05, 0.1) is 17.7 Å². The Morgan fingerprint density at radius 3 is 2.85 bits per heavy atom. The summed E-state index contributed by atoms with van der Waals surface area (Å²) in [6.45, 7) is 0. The van der Waals surface area contributed by atoms with Crippen molar-refractivity contribution in [3.63, 3.8) is 0 Å². The molecule has 3 rings (SSSR count). The smallest absolute Gasteiger partial charge is 0.251 e. The van der Waals surface area contributed by atoms with E-state index in [0.29, 0.717) is 11.1 Å². The molecule has 0 radical (unpaired) electrons. The molecular weight excluding hydrogens is 268 g/mol. The van der Waals surface area contributed by atoms with Crippen LogP contribution in [-0.4, -0.2) is 5.91 Å². The predicted molar refractivity (Wildman–Crippen MR) is 78.6 cm³/mol. The molecule has 4 heteroatoms. The maximum absolute atomic E-state index is 12.3.